The van der Waals surface area contributed by atoms with Crippen LogP contribution in [0.4, 0.5) is 0 Å². The lowest BCUT2D eigenvalue weighted by Crippen LogP contribution is -2.29. The van der Waals surface area contributed by atoms with Crippen molar-refractivity contribution in [3.63, 3.8) is 0 Å². The Kier molecular flexibility index (Phi) is 4.88. The van der Waals surface area contributed by atoms with Crippen molar-refractivity contribution in [1.29, 1.82) is 0 Å². The fourth-order valence-corrected chi connectivity index (χ4v) is 2.18. The largest absolute Gasteiger partial charge is 0.345 e. The number of benzene rings is 1. The molecule has 0 fully saturated rings. The van der Waals surface area contributed by atoms with Crippen molar-refractivity contribution in [1.82, 2.24) is 10.3 Å². The number of hydrogen-bond donors (Lipinski definition) is 1. The number of pyridine rings is 1. The summed E-state index contributed by atoms with van der Waals surface area (Å²) < 4.78 is 0. The van der Waals surface area contributed by atoms with E-state index in [1.54, 1.807) is 24.5 Å². The van der Waals surface area contributed by atoms with Crippen LogP contribution in [0.15, 0.2) is 54.9 Å². The van der Waals surface area contributed by atoms with Gasteiger partial charge in [0.05, 0.1) is 6.04 Å². The SMILES string of the molecule is CC(C)CC(NC(=O)c1ccncc1)c1ccccc1. The van der Waals surface area contributed by atoms with Gasteiger partial charge in [-0.05, 0) is 30.0 Å². The topological polar surface area (TPSA) is 42.0 Å². The first-order chi connectivity index (χ1) is 9.66. The summed E-state index contributed by atoms with van der Waals surface area (Å²) in [6, 6.07) is 13.6. The van der Waals surface area contributed by atoms with E-state index in [0.717, 1.165) is 12.0 Å². The molecular formula is C17H20N2O. The Bertz CT molecular complexity index is 537. The van der Waals surface area contributed by atoms with Crippen LogP contribution in [0, 0.1) is 5.92 Å². The molecule has 1 atom stereocenters. The molecule has 20 heavy (non-hydrogen) atoms. The Balaban J connectivity index is 2.14. The lowest BCUT2D eigenvalue weighted by atomic mass is 9.96. The average molecular weight is 268 g/mol. The van der Waals surface area contributed by atoms with E-state index >= 15 is 0 Å². The van der Waals surface area contributed by atoms with Gasteiger partial charge in [0.15, 0.2) is 0 Å². The number of carbonyl (C=O) groups is 1. The molecule has 1 aromatic heterocycles. The summed E-state index contributed by atoms with van der Waals surface area (Å²) in [5.74, 6) is 0.458. The first-order valence-electron chi connectivity index (χ1n) is 6.92. The minimum absolute atomic E-state index is 0.0388. The summed E-state index contributed by atoms with van der Waals surface area (Å²) >= 11 is 0. The first kappa shape index (κ1) is 14.3. The molecular weight excluding hydrogens is 248 g/mol. The number of nitrogens with one attached hydrogen (secondary N) is 1. The summed E-state index contributed by atoms with van der Waals surface area (Å²) in [4.78, 5) is 16.2. The van der Waals surface area contributed by atoms with E-state index < -0.39 is 0 Å². The van der Waals surface area contributed by atoms with E-state index in [9.17, 15) is 4.79 Å². The van der Waals surface area contributed by atoms with Gasteiger partial charge in [-0.1, -0.05) is 44.2 Å². The number of amides is 1. The highest BCUT2D eigenvalue weighted by Crippen LogP contribution is 2.21. The van der Waals surface area contributed by atoms with Gasteiger partial charge in [-0.25, -0.2) is 0 Å². The predicted molar refractivity (Wildman–Crippen MR) is 80.3 cm³/mol. The van der Waals surface area contributed by atoms with Gasteiger partial charge in [-0.3, -0.25) is 9.78 Å². The molecule has 0 saturated heterocycles. The van der Waals surface area contributed by atoms with E-state index in [4.69, 9.17) is 0 Å². The maximum absolute atomic E-state index is 12.3. The van der Waals surface area contributed by atoms with Crippen LogP contribution in [0.3, 0.4) is 0 Å². The molecule has 1 unspecified atom stereocenters. The van der Waals surface area contributed by atoms with Crippen molar-refractivity contribution in [3.05, 3.63) is 66.0 Å². The van der Waals surface area contributed by atoms with Crippen LogP contribution in [0.1, 0.15) is 42.2 Å². The van der Waals surface area contributed by atoms with Crippen LogP contribution in [0.5, 0.6) is 0 Å². The van der Waals surface area contributed by atoms with Crippen molar-refractivity contribution in [2.75, 3.05) is 0 Å². The third kappa shape index (κ3) is 3.92. The van der Waals surface area contributed by atoms with E-state index in [-0.39, 0.29) is 11.9 Å². The summed E-state index contributed by atoms with van der Waals surface area (Å²) in [7, 11) is 0. The van der Waals surface area contributed by atoms with Crippen molar-refractivity contribution in [2.45, 2.75) is 26.3 Å². The van der Waals surface area contributed by atoms with Crippen molar-refractivity contribution >= 4 is 5.91 Å². The maximum Gasteiger partial charge on any atom is 0.251 e. The van der Waals surface area contributed by atoms with Gasteiger partial charge >= 0.3 is 0 Å². The number of aromatic nitrogens is 1. The predicted octanol–water partition coefficient (Wildman–Crippen LogP) is 3.60. The molecule has 0 aliphatic rings. The Morgan fingerprint density at radius 2 is 1.75 bits per heavy atom. The third-order valence-corrected chi connectivity index (χ3v) is 3.16. The van der Waals surface area contributed by atoms with E-state index in [1.807, 2.05) is 18.2 Å². The second-order valence-corrected chi connectivity index (χ2v) is 5.30. The Labute approximate surface area is 120 Å². The second-order valence-electron chi connectivity index (χ2n) is 5.30. The quantitative estimate of drug-likeness (QED) is 0.900. The zero-order valence-electron chi connectivity index (χ0n) is 11.9. The molecule has 1 aromatic carbocycles. The number of hydrogen-bond acceptors (Lipinski definition) is 2. The van der Waals surface area contributed by atoms with E-state index in [2.05, 4.69) is 36.3 Å². The van der Waals surface area contributed by atoms with Gasteiger partial charge < -0.3 is 5.32 Å². The molecule has 1 heterocycles. The lowest BCUT2D eigenvalue weighted by Gasteiger charge is -2.21. The normalized spacial score (nSPS) is 12.2. The summed E-state index contributed by atoms with van der Waals surface area (Å²) in [5, 5.41) is 3.11. The fourth-order valence-electron chi connectivity index (χ4n) is 2.18. The van der Waals surface area contributed by atoms with Gasteiger partial charge in [0.1, 0.15) is 0 Å². The highest BCUT2D eigenvalue weighted by Gasteiger charge is 2.16. The van der Waals surface area contributed by atoms with Gasteiger partial charge in [0.2, 0.25) is 0 Å². The zero-order valence-corrected chi connectivity index (χ0v) is 11.9. The third-order valence-electron chi connectivity index (χ3n) is 3.16. The van der Waals surface area contributed by atoms with Gasteiger partial charge in [0, 0.05) is 18.0 Å². The fraction of sp³-hybridized carbons (Fsp3) is 0.294. The number of rotatable bonds is 5. The summed E-state index contributed by atoms with van der Waals surface area (Å²) in [6.45, 7) is 4.32. The van der Waals surface area contributed by atoms with Crippen molar-refractivity contribution in [2.24, 2.45) is 5.92 Å². The molecule has 2 rings (SSSR count). The maximum atomic E-state index is 12.3. The van der Waals surface area contributed by atoms with Crippen molar-refractivity contribution < 1.29 is 4.79 Å². The highest BCUT2D eigenvalue weighted by atomic mass is 16.1. The molecule has 1 amide bonds. The molecule has 0 radical (unpaired) electrons. The van der Waals surface area contributed by atoms with Crippen LogP contribution in [-0.4, -0.2) is 10.9 Å². The van der Waals surface area contributed by atoms with E-state index in [1.165, 1.54) is 0 Å². The monoisotopic (exact) mass is 268 g/mol. The summed E-state index contributed by atoms with van der Waals surface area (Å²) in [5.41, 5.74) is 1.79. The number of nitrogens with zero attached hydrogens (tertiary/aromatic N) is 1. The van der Waals surface area contributed by atoms with Crippen LogP contribution in [0.2, 0.25) is 0 Å². The molecule has 0 aliphatic heterocycles. The highest BCUT2D eigenvalue weighted by molar-refractivity contribution is 5.94. The number of carbonyl (C=O) groups excluding carboxylic acids is 1. The van der Waals surface area contributed by atoms with Crippen LogP contribution in [0.25, 0.3) is 0 Å². The van der Waals surface area contributed by atoms with E-state index in [0.29, 0.717) is 11.5 Å². The van der Waals surface area contributed by atoms with Gasteiger partial charge in [-0.15, -0.1) is 0 Å². The van der Waals surface area contributed by atoms with Crippen LogP contribution >= 0.6 is 0 Å². The zero-order chi connectivity index (χ0) is 14.4. The molecule has 2 aromatic rings. The minimum Gasteiger partial charge on any atom is -0.345 e. The molecule has 0 saturated carbocycles. The lowest BCUT2D eigenvalue weighted by molar-refractivity contribution is 0.0932. The van der Waals surface area contributed by atoms with Crippen molar-refractivity contribution in [3.8, 4) is 0 Å². The van der Waals surface area contributed by atoms with Crippen LogP contribution in [-0.2, 0) is 0 Å². The van der Waals surface area contributed by atoms with Gasteiger partial charge in [-0.2, -0.15) is 0 Å². The summed E-state index contributed by atoms with van der Waals surface area (Å²) in [6.07, 6.45) is 4.19. The molecule has 0 aliphatic carbocycles. The molecule has 3 nitrogen and oxygen atoms in total. The Morgan fingerprint density at radius 1 is 1.10 bits per heavy atom. The molecule has 3 heteroatoms. The molecule has 104 valence electrons. The molecule has 0 spiro atoms. The van der Waals surface area contributed by atoms with Gasteiger partial charge in [0.25, 0.3) is 5.91 Å². The smallest absolute Gasteiger partial charge is 0.251 e. The molecule has 1 N–H and O–H groups in total. The first-order valence-corrected chi connectivity index (χ1v) is 6.92. The Hall–Kier alpha value is -2.16. The molecule has 0 bridgehead atoms. The second kappa shape index (κ2) is 6.85. The standard InChI is InChI=1S/C17H20N2O/c1-13(2)12-16(14-6-4-3-5-7-14)19-17(20)15-8-10-18-11-9-15/h3-11,13,16H,12H2,1-2H3,(H,19,20). The van der Waals surface area contributed by atoms with Crippen LogP contribution < -0.4 is 5.32 Å². The minimum atomic E-state index is -0.0538. The Morgan fingerprint density at radius 3 is 2.35 bits per heavy atom. The average Bonchev–Trinajstić information content (AvgIpc) is 2.48.